The first-order chi connectivity index (χ1) is 10.6. The first-order valence-corrected chi connectivity index (χ1v) is 8.80. The van der Waals surface area contributed by atoms with Crippen LogP contribution in [-0.2, 0) is 4.74 Å². The molecule has 1 aliphatic rings. The summed E-state index contributed by atoms with van der Waals surface area (Å²) in [5, 5.41) is 1.07. The fourth-order valence-electron chi connectivity index (χ4n) is 3.27. The normalized spacial score (nSPS) is 25.2. The van der Waals surface area contributed by atoms with Crippen LogP contribution >= 0.6 is 23.2 Å². The van der Waals surface area contributed by atoms with Gasteiger partial charge in [-0.3, -0.25) is 0 Å². The van der Waals surface area contributed by atoms with Crippen molar-refractivity contribution in [2.45, 2.75) is 20.3 Å². The topological polar surface area (TPSA) is 22.9 Å². The van der Waals surface area contributed by atoms with E-state index in [4.69, 9.17) is 32.7 Å². The Balaban J connectivity index is 1.60. The molecule has 124 valence electrons. The molecule has 0 unspecified atom stereocenters. The van der Waals surface area contributed by atoms with Crippen molar-refractivity contribution in [3.05, 3.63) is 28.2 Å². The molecule has 5 heteroatoms. The lowest BCUT2D eigenvalue weighted by Gasteiger charge is -2.31. The fourth-order valence-corrected chi connectivity index (χ4v) is 3.77. The summed E-state index contributed by atoms with van der Waals surface area (Å²) in [7, 11) is 0. The number of rotatable bonds is 7. The number of nitrogens with one attached hydrogen (secondary N) is 1. The van der Waals surface area contributed by atoms with E-state index in [1.165, 1.54) is 19.5 Å². The lowest BCUT2D eigenvalue weighted by atomic mass is 9.92. The van der Waals surface area contributed by atoms with E-state index in [-0.39, 0.29) is 0 Å². The van der Waals surface area contributed by atoms with Crippen LogP contribution < -0.4 is 9.64 Å². The molecule has 0 bridgehead atoms. The summed E-state index contributed by atoms with van der Waals surface area (Å²) in [6.07, 6.45) is 1.36. The van der Waals surface area contributed by atoms with Crippen molar-refractivity contribution in [1.82, 2.24) is 0 Å². The summed E-state index contributed by atoms with van der Waals surface area (Å²) in [6.45, 7) is 10.1. The van der Waals surface area contributed by atoms with Crippen molar-refractivity contribution < 1.29 is 14.4 Å². The number of halogens is 2. The third-order valence-electron chi connectivity index (χ3n) is 4.07. The Morgan fingerprint density at radius 2 is 1.68 bits per heavy atom. The zero-order valence-corrected chi connectivity index (χ0v) is 14.9. The van der Waals surface area contributed by atoms with Crippen LogP contribution in [0.1, 0.15) is 20.3 Å². The second kappa shape index (κ2) is 8.97. The molecule has 2 atom stereocenters. The number of para-hydroxylation sites is 1. The van der Waals surface area contributed by atoms with Crippen molar-refractivity contribution in [3.63, 3.8) is 0 Å². The molecular formula is C17H26Cl2NO2+. The average Bonchev–Trinajstić information content (AvgIpc) is 2.44. The smallest absolute Gasteiger partial charge is 0.156 e. The molecule has 0 aromatic heterocycles. The molecule has 1 heterocycles. The van der Waals surface area contributed by atoms with Gasteiger partial charge in [-0.15, -0.1) is 0 Å². The van der Waals surface area contributed by atoms with Gasteiger partial charge in [0.2, 0.25) is 0 Å². The molecule has 1 fully saturated rings. The Hall–Kier alpha value is -0.480. The second-order valence-corrected chi connectivity index (χ2v) is 7.18. The lowest BCUT2D eigenvalue weighted by molar-refractivity contribution is -0.912. The van der Waals surface area contributed by atoms with Crippen LogP contribution in [0.4, 0.5) is 0 Å². The van der Waals surface area contributed by atoms with Gasteiger partial charge >= 0.3 is 0 Å². The highest BCUT2D eigenvalue weighted by atomic mass is 35.5. The Labute approximate surface area is 143 Å². The molecule has 1 N–H and O–H groups in total. The van der Waals surface area contributed by atoms with Crippen LogP contribution in [0.2, 0.25) is 10.0 Å². The van der Waals surface area contributed by atoms with E-state index >= 15 is 0 Å². The number of hydrogen-bond donors (Lipinski definition) is 1. The maximum Gasteiger partial charge on any atom is 0.156 e. The Bertz CT molecular complexity index is 440. The van der Waals surface area contributed by atoms with Gasteiger partial charge in [-0.2, -0.15) is 0 Å². The molecule has 0 amide bonds. The standard InChI is InChI=1S/C17H25Cl2NO2/c1-13-10-14(2)12-20(11-13)6-7-21-8-9-22-17-15(18)4-3-5-16(17)19/h3-5,13-14H,6-12H2,1-2H3/p+1/t13-,14-/m0/s1. The Morgan fingerprint density at radius 3 is 2.32 bits per heavy atom. The first-order valence-electron chi connectivity index (χ1n) is 8.04. The summed E-state index contributed by atoms with van der Waals surface area (Å²) in [5.74, 6) is 2.19. The van der Waals surface area contributed by atoms with Crippen molar-refractivity contribution in [3.8, 4) is 5.75 Å². The van der Waals surface area contributed by atoms with Crippen molar-refractivity contribution in [2.75, 3.05) is 39.5 Å². The van der Waals surface area contributed by atoms with Gasteiger partial charge in [0.15, 0.2) is 5.75 Å². The van der Waals surface area contributed by atoms with Gasteiger partial charge in [0.05, 0.1) is 36.3 Å². The third-order valence-corrected chi connectivity index (χ3v) is 4.67. The van der Waals surface area contributed by atoms with Gasteiger partial charge in [0.1, 0.15) is 13.2 Å². The summed E-state index contributed by atoms with van der Waals surface area (Å²) < 4.78 is 11.3. The van der Waals surface area contributed by atoms with E-state index in [1.807, 2.05) is 0 Å². The van der Waals surface area contributed by atoms with E-state index in [1.54, 1.807) is 23.1 Å². The van der Waals surface area contributed by atoms with E-state index in [2.05, 4.69) is 13.8 Å². The summed E-state index contributed by atoms with van der Waals surface area (Å²) in [5.41, 5.74) is 0. The minimum Gasteiger partial charge on any atom is -0.488 e. The van der Waals surface area contributed by atoms with Crippen LogP contribution in [0.5, 0.6) is 5.75 Å². The molecule has 1 saturated heterocycles. The van der Waals surface area contributed by atoms with E-state index in [0.717, 1.165) is 25.0 Å². The minimum absolute atomic E-state index is 0.464. The average molecular weight is 347 g/mol. The van der Waals surface area contributed by atoms with E-state index < -0.39 is 0 Å². The molecule has 2 rings (SSSR count). The molecule has 1 aromatic rings. The van der Waals surface area contributed by atoms with Crippen LogP contribution in [-0.4, -0.2) is 39.5 Å². The highest BCUT2D eigenvalue weighted by Crippen LogP contribution is 2.32. The molecule has 0 radical (unpaired) electrons. The number of piperidine rings is 1. The molecular weight excluding hydrogens is 321 g/mol. The number of quaternary nitrogens is 1. The third kappa shape index (κ3) is 5.62. The summed E-state index contributed by atoms with van der Waals surface area (Å²) >= 11 is 12.1. The molecule has 0 aliphatic carbocycles. The van der Waals surface area contributed by atoms with Crippen molar-refractivity contribution in [1.29, 1.82) is 0 Å². The molecule has 1 aliphatic heterocycles. The number of hydrogen-bond acceptors (Lipinski definition) is 2. The lowest BCUT2D eigenvalue weighted by Crippen LogP contribution is -3.14. The molecule has 22 heavy (non-hydrogen) atoms. The van der Waals surface area contributed by atoms with Crippen LogP contribution in [0, 0.1) is 11.8 Å². The summed E-state index contributed by atoms with van der Waals surface area (Å²) in [4.78, 5) is 1.65. The van der Waals surface area contributed by atoms with Gasteiger partial charge in [-0.05, 0) is 18.6 Å². The first kappa shape index (κ1) is 17.9. The SMILES string of the molecule is C[C@H]1C[C@H](C)C[NH+](CCOCCOc2c(Cl)cccc2Cl)C1. The Kier molecular flexibility index (Phi) is 7.29. The van der Waals surface area contributed by atoms with E-state index in [9.17, 15) is 0 Å². The quantitative estimate of drug-likeness (QED) is 0.767. The predicted molar refractivity (Wildman–Crippen MR) is 91.3 cm³/mol. The number of likely N-dealkylation sites (tertiary alicyclic amines) is 1. The highest BCUT2D eigenvalue weighted by molar-refractivity contribution is 6.37. The Morgan fingerprint density at radius 1 is 1.05 bits per heavy atom. The monoisotopic (exact) mass is 346 g/mol. The highest BCUT2D eigenvalue weighted by Gasteiger charge is 2.24. The second-order valence-electron chi connectivity index (χ2n) is 6.37. The molecule has 1 aromatic carbocycles. The maximum absolute atomic E-state index is 6.04. The van der Waals surface area contributed by atoms with Gasteiger partial charge in [0.25, 0.3) is 0 Å². The fraction of sp³-hybridized carbons (Fsp3) is 0.647. The predicted octanol–water partition coefficient (Wildman–Crippen LogP) is 2.95. The van der Waals surface area contributed by atoms with Gasteiger partial charge in [-0.1, -0.05) is 43.1 Å². The number of benzene rings is 1. The van der Waals surface area contributed by atoms with E-state index in [0.29, 0.717) is 29.0 Å². The summed E-state index contributed by atoms with van der Waals surface area (Å²) in [6, 6.07) is 5.34. The van der Waals surface area contributed by atoms with Crippen LogP contribution in [0.25, 0.3) is 0 Å². The van der Waals surface area contributed by atoms with Gasteiger partial charge in [0, 0.05) is 11.8 Å². The zero-order valence-electron chi connectivity index (χ0n) is 13.4. The molecule has 3 nitrogen and oxygen atoms in total. The minimum atomic E-state index is 0.464. The van der Waals surface area contributed by atoms with Crippen LogP contribution in [0.15, 0.2) is 18.2 Å². The zero-order chi connectivity index (χ0) is 15.9. The molecule has 0 spiro atoms. The largest absolute Gasteiger partial charge is 0.488 e. The van der Waals surface area contributed by atoms with Gasteiger partial charge < -0.3 is 14.4 Å². The maximum atomic E-state index is 6.04. The van der Waals surface area contributed by atoms with Gasteiger partial charge in [-0.25, -0.2) is 0 Å². The molecule has 0 saturated carbocycles. The van der Waals surface area contributed by atoms with Crippen LogP contribution in [0.3, 0.4) is 0 Å². The van der Waals surface area contributed by atoms with Crippen molar-refractivity contribution >= 4 is 23.2 Å². The number of ether oxygens (including phenoxy) is 2. The van der Waals surface area contributed by atoms with Crippen molar-refractivity contribution in [2.24, 2.45) is 11.8 Å².